The number of nitrogens with one attached hydrogen (secondary N) is 1. The van der Waals surface area contributed by atoms with Crippen LogP contribution in [0.15, 0.2) is 136 Å². The molecule has 0 spiro atoms. The first kappa shape index (κ1) is 33.8. The second-order valence-corrected chi connectivity index (χ2v) is 14.1. The summed E-state index contributed by atoms with van der Waals surface area (Å²) in [7, 11) is 0. The van der Waals surface area contributed by atoms with E-state index in [2.05, 4.69) is 10.3 Å². The Hall–Kier alpha value is -5.73. The first-order chi connectivity index (χ1) is 24.7. The number of aromatic nitrogens is 1. The van der Waals surface area contributed by atoms with Gasteiger partial charge >= 0.3 is 0 Å². The van der Waals surface area contributed by atoms with Crippen molar-refractivity contribution in [3.05, 3.63) is 153 Å². The first-order valence-corrected chi connectivity index (χ1v) is 17.6. The number of nitrogens with zero attached hydrogens (tertiary/aromatic N) is 4. The molecule has 0 radical (unpaired) electrons. The highest BCUT2D eigenvalue weighted by Crippen LogP contribution is 2.40. The van der Waals surface area contributed by atoms with Gasteiger partial charge in [0.2, 0.25) is 0 Å². The lowest BCUT2D eigenvalue weighted by Crippen LogP contribution is -2.56. The minimum atomic E-state index is -0.650. The molecular formula is C37H22ClN5O5S3. The second kappa shape index (κ2) is 14.2. The number of carbonyl (C=O) groups excluding carboxylic acids is 3. The maximum Gasteiger partial charge on any atom is 0.283 e. The zero-order valence-electron chi connectivity index (χ0n) is 26.1. The number of fused-ring (bicyclic) bond motifs is 1. The van der Waals surface area contributed by atoms with Gasteiger partial charge in [-0.15, -0.1) is 11.3 Å². The standard InChI is InChI=1S/C37H22ClN5O5S3/c38-24-14-12-23(13-15-24)33(44)39-25-16-17-29-32(21-25)51-36(40-29)50-31-18-11-22(20-30(31)43(47)48)19-28-34(45)41(26-7-3-1-4-8-26)37(49)42(35(28)46)27-9-5-2-6-10-27/h1-21H,(H,39,44). The third-order valence-corrected chi connectivity index (χ3v) is 10.5. The fourth-order valence-electron chi connectivity index (χ4n) is 5.28. The minimum Gasteiger partial charge on any atom is -0.322 e. The number of hydrogen-bond donors (Lipinski definition) is 1. The molecule has 1 aliphatic rings. The number of nitro benzene ring substituents is 1. The molecule has 3 amide bonds. The van der Waals surface area contributed by atoms with Gasteiger partial charge in [0.25, 0.3) is 23.4 Å². The van der Waals surface area contributed by atoms with Gasteiger partial charge in [0, 0.05) is 22.3 Å². The fourth-order valence-corrected chi connectivity index (χ4v) is 7.93. The lowest BCUT2D eigenvalue weighted by atomic mass is 10.0. The summed E-state index contributed by atoms with van der Waals surface area (Å²) in [5, 5.41) is 15.7. The van der Waals surface area contributed by atoms with Crippen molar-refractivity contribution in [2.75, 3.05) is 15.1 Å². The number of carbonyl (C=O) groups is 3. The van der Waals surface area contributed by atoms with Crippen LogP contribution in [0.4, 0.5) is 22.7 Å². The summed E-state index contributed by atoms with van der Waals surface area (Å²) in [6.45, 7) is 0. The van der Waals surface area contributed by atoms with Crippen LogP contribution in [-0.4, -0.2) is 32.7 Å². The van der Waals surface area contributed by atoms with Crippen molar-refractivity contribution in [1.82, 2.24) is 4.98 Å². The average molecular weight is 748 g/mol. The summed E-state index contributed by atoms with van der Waals surface area (Å²) in [5.41, 5.74) is 2.46. The molecule has 0 bridgehead atoms. The molecule has 2 heterocycles. The van der Waals surface area contributed by atoms with E-state index < -0.39 is 16.7 Å². The van der Waals surface area contributed by atoms with Gasteiger partial charge in [0.05, 0.1) is 31.4 Å². The Bertz CT molecular complexity index is 2340. The predicted molar refractivity (Wildman–Crippen MR) is 205 cm³/mol. The van der Waals surface area contributed by atoms with Gasteiger partial charge in [-0.3, -0.25) is 34.3 Å². The molecule has 0 unspecified atom stereocenters. The van der Waals surface area contributed by atoms with E-state index in [-0.39, 0.29) is 27.8 Å². The van der Waals surface area contributed by atoms with Crippen molar-refractivity contribution in [3.8, 4) is 0 Å². The molecule has 1 aliphatic heterocycles. The Morgan fingerprint density at radius 3 is 2.10 bits per heavy atom. The summed E-state index contributed by atoms with van der Waals surface area (Å²) in [6, 6.07) is 33.7. The Kier molecular flexibility index (Phi) is 9.43. The lowest BCUT2D eigenvalue weighted by molar-refractivity contribution is -0.387. The Balaban J connectivity index is 1.18. The minimum absolute atomic E-state index is 0.0100. The average Bonchev–Trinajstić information content (AvgIpc) is 3.53. The highest BCUT2D eigenvalue weighted by atomic mass is 35.5. The van der Waals surface area contributed by atoms with Crippen LogP contribution >= 0.6 is 46.9 Å². The molecular weight excluding hydrogens is 726 g/mol. The number of thiazole rings is 1. The molecule has 0 saturated carbocycles. The second-order valence-electron chi connectivity index (χ2n) is 11.0. The van der Waals surface area contributed by atoms with Crippen molar-refractivity contribution in [3.63, 3.8) is 0 Å². The smallest absolute Gasteiger partial charge is 0.283 e. The number of hydrogen-bond acceptors (Lipinski definition) is 9. The number of anilines is 3. The van der Waals surface area contributed by atoms with Gasteiger partial charge in [-0.25, -0.2) is 4.98 Å². The van der Waals surface area contributed by atoms with E-state index in [0.29, 0.717) is 42.4 Å². The molecule has 250 valence electrons. The third-order valence-electron chi connectivity index (χ3n) is 7.70. The van der Waals surface area contributed by atoms with Gasteiger partial charge in [-0.2, -0.15) is 0 Å². The number of nitro groups is 1. The van der Waals surface area contributed by atoms with E-state index in [9.17, 15) is 24.5 Å². The molecule has 1 fully saturated rings. The van der Waals surface area contributed by atoms with E-state index in [0.717, 1.165) is 16.5 Å². The zero-order chi connectivity index (χ0) is 35.6. The normalized spacial score (nSPS) is 13.1. The maximum absolute atomic E-state index is 13.9. The van der Waals surface area contributed by atoms with E-state index in [4.69, 9.17) is 23.8 Å². The molecule has 14 heteroatoms. The molecule has 1 N–H and O–H groups in total. The summed E-state index contributed by atoms with van der Waals surface area (Å²) < 4.78 is 1.32. The quantitative estimate of drug-likeness (QED) is 0.0538. The fraction of sp³-hybridized carbons (Fsp3) is 0. The van der Waals surface area contributed by atoms with Crippen LogP contribution in [0.1, 0.15) is 15.9 Å². The monoisotopic (exact) mass is 747 g/mol. The van der Waals surface area contributed by atoms with Crippen LogP contribution in [0.2, 0.25) is 5.02 Å². The van der Waals surface area contributed by atoms with Gasteiger partial charge in [0.1, 0.15) is 5.57 Å². The topological polar surface area (TPSA) is 126 Å². The van der Waals surface area contributed by atoms with Crippen LogP contribution in [0.5, 0.6) is 0 Å². The number of benzene rings is 5. The summed E-state index contributed by atoms with van der Waals surface area (Å²) in [6.07, 6.45) is 1.34. The van der Waals surface area contributed by atoms with E-state index in [1.165, 1.54) is 33.3 Å². The Morgan fingerprint density at radius 1 is 0.863 bits per heavy atom. The summed E-state index contributed by atoms with van der Waals surface area (Å²) >= 11 is 14.0. The van der Waals surface area contributed by atoms with Gasteiger partial charge in [0.15, 0.2) is 9.45 Å². The van der Waals surface area contributed by atoms with Crippen LogP contribution < -0.4 is 15.1 Å². The largest absolute Gasteiger partial charge is 0.322 e. The summed E-state index contributed by atoms with van der Waals surface area (Å²) in [5.74, 6) is -1.60. The molecule has 1 aromatic heterocycles. The van der Waals surface area contributed by atoms with Crippen molar-refractivity contribution < 1.29 is 19.3 Å². The van der Waals surface area contributed by atoms with Crippen LogP contribution in [0, 0.1) is 10.1 Å². The van der Waals surface area contributed by atoms with Gasteiger partial charge < -0.3 is 5.32 Å². The van der Waals surface area contributed by atoms with Crippen molar-refractivity contribution in [2.45, 2.75) is 9.24 Å². The Labute approximate surface area is 309 Å². The van der Waals surface area contributed by atoms with Crippen LogP contribution in [-0.2, 0) is 9.59 Å². The number of rotatable bonds is 8. The molecule has 1 saturated heterocycles. The zero-order valence-corrected chi connectivity index (χ0v) is 29.3. The molecule has 0 atom stereocenters. The number of amides is 3. The van der Waals surface area contributed by atoms with E-state index in [1.54, 1.807) is 115 Å². The number of halogens is 1. The first-order valence-electron chi connectivity index (χ1n) is 15.1. The molecule has 10 nitrogen and oxygen atoms in total. The van der Waals surface area contributed by atoms with Crippen LogP contribution in [0.25, 0.3) is 16.3 Å². The number of para-hydroxylation sites is 2. The van der Waals surface area contributed by atoms with Crippen molar-refractivity contribution in [2.24, 2.45) is 0 Å². The maximum atomic E-state index is 13.9. The molecule has 6 aromatic rings. The van der Waals surface area contributed by atoms with Crippen molar-refractivity contribution >= 4 is 109 Å². The highest BCUT2D eigenvalue weighted by Gasteiger charge is 2.41. The van der Waals surface area contributed by atoms with Crippen LogP contribution in [0.3, 0.4) is 0 Å². The SMILES string of the molecule is O=C(Nc1ccc2nc(Sc3ccc(C=C4C(=O)N(c5ccccc5)C(=S)N(c5ccccc5)C4=O)cc3[N+](=O)[O-])sc2c1)c1ccc(Cl)cc1. The predicted octanol–water partition coefficient (Wildman–Crippen LogP) is 9.01. The third kappa shape index (κ3) is 7.00. The molecule has 0 aliphatic carbocycles. The highest BCUT2D eigenvalue weighted by molar-refractivity contribution is 8.01. The molecule has 7 rings (SSSR count). The number of thiocarbonyl (C=S) groups is 1. The van der Waals surface area contributed by atoms with E-state index >= 15 is 0 Å². The molecule has 5 aromatic carbocycles. The Morgan fingerprint density at radius 2 is 1.49 bits per heavy atom. The summed E-state index contributed by atoms with van der Waals surface area (Å²) in [4.78, 5) is 59.7. The lowest BCUT2D eigenvalue weighted by Gasteiger charge is -2.36. The molecule has 51 heavy (non-hydrogen) atoms. The van der Waals surface area contributed by atoms with Crippen molar-refractivity contribution in [1.29, 1.82) is 0 Å². The van der Waals surface area contributed by atoms with Gasteiger partial charge in [-0.1, -0.05) is 65.8 Å². The van der Waals surface area contributed by atoms with E-state index in [1.807, 2.05) is 0 Å². The van der Waals surface area contributed by atoms with Gasteiger partial charge in [-0.05, 0) is 96.7 Å².